The zero-order valence-corrected chi connectivity index (χ0v) is 16.8. The summed E-state index contributed by atoms with van der Waals surface area (Å²) in [6, 6.07) is 7.39. The number of ketones is 1. The molecule has 0 saturated heterocycles. The van der Waals surface area contributed by atoms with Gasteiger partial charge in [-0.15, -0.1) is 0 Å². The fourth-order valence-corrected chi connectivity index (χ4v) is 2.96. The van der Waals surface area contributed by atoms with Gasteiger partial charge in [0, 0.05) is 12.1 Å². The molecular weight excluding hydrogens is 362 g/mol. The van der Waals surface area contributed by atoms with Gasteiger partial charge in [-0.1, -0.05) is 12.1 Å². The van der Waals surface area contributed by atoms with Crippen LogP contribution in [0.3, 0.4) is 0 Å². The van der Waals surface area contributed by atoms with E-state index in [0.717, 1.165) is 11.3 Å². The maximum Gasteiger partial charge on any atom is 0.339 e. The van der Waals surface area contributed by atoms with E-state index in [-0.39, 0.29) is 12.1 Å². The van der Waals surface area contributed by atoms with E-state index in [0.29, 0.717) is 23.2 Å². The van der Waals surface area contributed by atoms with Crippen LogP contribution in [0.1, 0.15) is 51.0 Å². The van der Waals surface area contributed by atoms with Crippen molar-refractivity contribution in [1.29, 1.82) is 0 Å². The predicted octanol–water partition coefficient (Wildman–Crippen LogP) is 3.17. The van der Waals surface area contributed by atoms with Gasteiger partial charge in [0.2, 0.25) is 5.78 Å². The van der Waals surface area contributed by atoms with Gasteiger partial charge in [0.25, 0.3) is 0 Å². The van der Waals surface area contributed by atoms with Gasteiger partial charge in [-0.3, -0.25) is 9.59 Å². The lowest BCUT2D eigenvalue weighted by molar-refractivity contribution is -0.146. The summed E-state index contributed by atoms with van der Waals surface area (Å²) in [7, 11) is 2.87. The molecule has 1 aromatic carbocycles. The first kappa shape index (κ1) is 21.2. The van der Waals surface area contributed by atoms with Crippen molar-refractivity contribution in [3.63, 3.8) is 0 Å². The Balaban J connectivity index is 1.98. The molecular formula is C21H25NO6. The third kappa shape index (κ3) is 4.79. The van der Waals surface area contributed by atoms with Gasteiger partial charge < -0.3 is 19.2 Å². The number of aryl methyl sites for hydroxylation is 2. The summed E-state index contributed by atoms with van der Waals surface area (Å²) in [6.45, 7) is 4.85. The largest absolute Gasteiger partial charge is 0.497 e. The van der Waals surface area contributed by atoms with Gasteiger partial charge in [0.1, 0.15) is 5.75 Å². The molecule has 0 bridgehead atoms. The maximum atomic E-state index is 12.6. The molecule has 1 atom stereocenters. The Hall–Kier alpha value is -3.09. The van der Waals surface area contributed by atoms with E-state index >= 15 is 0 Å². The van der Waals surface area contributed by atoms with Crippen LogP contribution in [-0.4, -0.2) is 43.0 Å². The first-order chi connectivity index (χ1) is 13.3. The van der Waals surface area contributed by atoms with E-state index in [9.17, 15) is 14.4 Å². The van der Waals surface area contributed by atoms with Gasteiger partial charge >= 0.3 is 11.9 Å². The molecule has 2 rings (SSSR count). The Labute approximate surface area is 164 Å². The lowest BCUT2D eigenvalue weighted by Crippen LogP contribution is -2.25. The quantitative estimate of drug-likeness (QED) is 0.552. The number of esters is 2. The fourth-order valence-electron chi connectivity index (χ4n) is 2.96. The van der Waals surface area contributed by atoms with Crippen molar-refractivity contribution in [3.05, 3.63) is 52.3 Å². The van der Waals surface area contributed by atoms with Crippen molar-refractivity contribution in [1.82, 2.24) is 4.98 Å². The standard InChI is InChI=1S/C21H25NO6/c1-12-18(21(25)27-5)13(2)22-19(12)20(24)14(3)28-17(23)11-8-15-6-9-16(26-4)10-7-15/h6-7,9-10,14,22H,8,11H2,1-5H3/t14-/m0/s1. The molecule has 0 aliphatic carbocycles. The molecule has 0 saturated carbocycles. The Bertz CT molecular complexity index is 866. The molecule has 0 aliphatic heterocycles. The number of aromatic amines is 1. The Kier molecular flexibility index (Phi) is 6.98. The summed E-state index contributed by atoms with van der Waals surface area (Å²) < 4.78 is 15.1. The van der Waals surface area contributed by atoms with Gasteiger partial charge in [0.15, 0.2) is 6.10 Å². The van der Waals surface area contributed by atoms with Crippen LogP contribution in [0.15, 0.2) is 24.3 Å². The van der Waals surface area contributed by atoms with Crippen molar-refractivity contribution < 1.29 is 28.6 Å². The second kappa shape index (κ2) is 9.21. The first-order valence-electron chi connectivity index (χ1n) is 8.92. The molecule has 7 heteroatoms. The first-order valence-corrected chi connectivity index (χ1v) is 8.92. The van der Waals surface area contributed by atoms with Crippen LogP contribution in [0.4, 0.5) is 0 Å². The maximum absolute atomic E-state index is 12.6. The van der Waals surface area contributed by atoms with Crippen molar-refractivity contribution in [2.75, 3.05) is 14.2 Å². The molecule has 7 nitrogen and oxygen atoms in total. The number of H-pyrrole nitrogens is 1. The van der Waals surface area contributed by atoms with Crippen LogP contribution in [0, 0.1) is 13.8 Å². The molecule has 0 aliphatic rings. The third-order valence-corrected chi connectivity index (χ3v) is 4.53. The minimum Gasteiger partial charge on any atom is -0.497 e. The van der Waals surface area contributed by atoms with Gasteiger partial charge in [-0.25, -0.2) is 4.79 Å². The van der Waals surface area contributed by atoms with Crippen LogP contribution in [0.25, 0.3) is 0 Å². The second-order valence-corrected chi connectivity index (χ2v) is 6.46. The summed E-state index contributed by atoms with van der Waals surface area (Å²) in [5.41, 5.74) is 2.55. The van der Waals surface area contributed by atoms with Gasteiger partial charge in [-0.05, 0) is 50.5 Å². The number of aromatic nitrogens is 1. The molecule has 0 radical (unpaired) electrons. The molecule has 0 amide bonds. The van der Waals surface area contributed by atoms with Crippen molar-refractivity contribution >= 4 is 17.7 Å². The van der Waals surface area contributed by atoms with Crippen molar-refractivity contribution in [2.24, 2.45) is 0 Å². The van der Waals surface area contributed by atoms with E-state index in [1.165, 1.54) is 14.0 Å². The number of rotatable bonds is 8. The summed E-state index contributed by atoms with van der Waals surface area (Å²) in [6.07, 6.45) is -0.317. The molecule has 28 heavy (non-hydrogen) atoms. The van der Waals surface area contributed by atoms with Crippen LogP contribution in [-0.2, 0) is 20.7 Å². The van der Waals surface area contributed by atoms with Crippen LogP contribution in [0.2, 0.25) is 0 Å². The van der Waals surface area contributed by atoms with Crippen LogP contribution >= 0.6 is 0 Å². The smallest absolute Gasteiger partial charge is 0.339 e. The highest BCUT2D eigenvalue weighted by Gasteiger charge is 2.27. The Morgan fingerprint density at radius 1 is 1.07 bits per heavy atom. The number of hydrogen-bond acceptors (Lipinski definition) is 6. The molecule has 0 spiro atoms. The Morgan fingerprint density at radius 3 is 2.29 bits per heavy atom. The normalized spacial score (nSPS) is 11.6. The molecule has 2 aromatic rings. The molecule has 0 unspecified atom stereocenters. The zero-order valence-electron chi connectivity index (χ0n) is 16.8. The molecule has 1 aromatic heterocycles. The summed E-state index contributed by atoms with van der Waals surface area (Å²) in [5, 5.41) is 0. The molecule has 0 fully saturated rings. The lowest BCUT2D eigenvalue weighted by atomic mass is 10.1. The predicted molar refractivity (Wildman–Crippen MR) is 103 cm³/mol. The van der Waals surface area contributed by atoms with Crippen molar-refractivity contribution in [2.45, 2.75) is 39.7 Å². The second-order valence-electron chi connectivity index (χ2n) is 6.46. The highest BCUT2D eigenvalue weighted by atomic mass is 16.5. The number of hydrogen-bond donors (Lipinski definition) is 1. The van der Waals surface area contributed by atoms with E-state index in [1.807, 2.05) is 24.3 Å². The number of methoxy groups -OCH3 is 2. The summed E-state index contributed by atoms with van der Waals surface area (Å²) in [4.78, 5) is 39.5. The Morgan fingerprint density at radius 2 is 1.71 bits per heavy atom. The highest BCUT2D eigenvalue weighted by molar-refractivity contribution is 6.03. The summed E-state index contributed by atoms with van der Waals surface area (Å²) >= 11 is 0. The average Bonchev–Trinajstić information content (AvgIpc) is 2.99. The zero-order chi connectivity index (χ0) is 20.8. The molecule has 1 heterocycles. The van der Waals surface area contributed by atoms with E-state index < -0.39 is 23.8 Å². The number of nitrogens with one attached hydrogen (secondary N) is 1. The van der Waals surface area contributed by atoms with E-state index in [2.05, 4.69) is 4.98 Å². The minimum absolute atomic E-state index is 0.153. The topological polar surface area (TPSA) is 94.7 Å². The number of ether oxygens (including phenoxy) is 3. The average molecular weight is 387 g/mol. The van der Waals surface area contributed by atoms with E-state index in [1.54, 1.807) is 21.0 Å². The number of carbonyl (C=O) groups excluding carboxylic acids is 3. The SMILES string of the molecule is COC(=O)c1c(C)[nH]c(C(=O)[C@H](C)OC(=O)CCc2ccc(OC)cc2)c1C. The number of carbonyl (C=O) groups is 3. The minimum atomic E-state index is -0.967. The van der Waals surface area contributed by atoms with Gasteiger partial charge in [-0.2, -0.15) is 0 Å². The summed E-state index contributed by atoms with van der Waals surface area (Å²) in [5.74, 6) is -0.637. The number of Topliss-reactive ketones (excluding diaryl/α,β-unsaturated/α-hetero) is 1. The van der Waals surface area contributed by atoms with Gasteiger partial charge in [0.05, 0.1) is 25.5 Å². The fraction of sp³-hybridized carbons (Fsp3) is 0.381. The monoisotopic (exact) mass is 387 g/mol. The lowest BCUT2D eigenvalue weighted by Gasteiger charge is -2.12. The molecule has 150 valence electrons. The molecule has 1 N–H and O–H groups in total. The highest BCUT2D eigenvalue weighted by Crippen LogP contribution is 2.21. The van der Waals surface area contributed by atoms with Crippen molar-refractivity contribution in [3.8, 4) is 5.75 Å². The van der Waals surface area contributed by atoms with E-state index in [4.69, 9.17) is 14.2 Å². The number of benzene rings is 1. The van der Waals surface area contributed by atoms with Crippen LogP contribution < -0.4 is 4.74 Å². The van der Waals surface area contributed by atoms with Crippen LogP contribution in [0.5, 0.6) is 5.75 Å². The third-order valence-electron chi connectivity index (χ3n) is 4.53.